The maximum absolute atomic E-state index is 12.1. The number of hydrogen-bond donors (Lipinski definition) is 2. The largest absolute Gasteiger partial charge is 0.490 e. The molecule has 0 heterocycles. The predicted octanol–water partition coefficient (Wildman–Crippen LogP) is 4.91. The zero-order chi connectivity index (χ0) is 19.8. The standard InChI is InChI=1S/C20H25ClN2O4/c1-5-25-17-8-7-15(11-18(17)26-6-2)23-20(24)22-12-27-16-9-13(3)19(21)14(4)10-16/h7-11H,5-6,12H2,1-4H3,(H2,22,23,24). The van der Waals surface area contributed by atoms with Gasteiger partial charge in [0, 0.05) is 16.8 Å². The molecule has 0 aliphatic carbocycles. The fourth-order valence-corrected chi connectivity index (χ4v) is 2.59. The summed E-state index contributed by atoms with van der Waals surface area (Å²) in [7, 11) is 0. The van der Waals surface area contributed by atoms with Crippen molar-refractivity contribution in [3.63, 3.8) is 0 Å². The van der Waals surface area contributed by atoms with Crippen LogP contribution in [0.4, 0.5) is 10.5 Å². The minimum atomic E-state index is -0.385. The number of anilines is 1. The molecule has 7 heteroatoms. The Bertz CT molecular complexity index is 773. The van der Waals surface area contributed by atoms with Crippen molar-refractivity contribution in [3.05, 3.63) is 46.5 Å². The molecule has 0 fully saturated rings. The van der Waals surface area contributed by atoms with Gasteiger partial charge in [-0.3, -0.25) is 0 Å². The van der Waals surface area contributed by atoms with Gasteiger partial charge >= 0.3 is 6.03 Å². The second kappa shape index (κ2) is 9.92. The summed E-state index contributed by atoms with van der Waals surface area (Å²) in [6.45, 7) is 8.67. The highest BCUT2D eigenvalue weighted by Crippen LogP contribution is 2.30. The number of urea groups is 1. The van der Waals surface area contributed by atoms with Gasteiger partial charge in [-0.1, -0.05) is 11.6 Å². The molecule has 0 unspecified atom stereocenters. The normalized spacial score (nSPS) is 10.3. The first-order chi connectivity index (χ1) is 12.9. The van der Waals surface area contributed by atoms with Gasteiger partial charge in [-0.25, -0.2) is 4.79 Å². The minimum absolute atomic E-state index is 0.0295. The van der Waals surface area contributed by atoms with Gasteiger partial charge in [0.2, 0.25) is 0 Å². The molecular weight excluding hydrogens is 368 g/mol. The number of carbonyl (C=O) groups excluding carboxylic acids is 1. The molecule has 0 saturated heterocycles. The van der Waals surface area contributed by atoms with Crippen LogP contribution in [0.2, 0.25) is 5.02 Å². The highest BCUT2D eigenvalue weighted by atomic mass is 35.5. The molecule has 27 heavy (non-hydrogen) atoms. The number of amides is 2. The summed E-state index contributed by atoms with van der Waals surface area (Å²) in [6, 6.07) is 8.51. The van der Waals surface area contributed by atoms with Crippen molar-refractivity contribution >= 4 is 23.3 Å². The van der Waals surface area contributed by atoms with E-state index in [9.17, 15) is 4.79 Å². The molecule has 0 bridgehead atoms. The molecule has 2 aromatic carbocycles. The quantitative estimate of drug-likeness (QED) is 0.626. The lowest BCUT2D eigenvalue weighted by atomic mass is 10.1. The zero-order valence-electron chi connectivity index (χ0n) is 16.0. The van der Waals surface area contributed by atoms with Crippen molar-refractivity contribution in [1.82, 2.24) is 5.32 Å². The van der Waals surface area contributed by atoms with Crippen LogP contribution in [0.1, 0.15) is 25.0 Å². The number of ether oxygens (including phenoxy) is 3. The fourth-order valence-electron chi connectivity index (χ4n) is 2.48. The zero-order valence-corrected chi connectivity index (χ0v) is 16.8. The third-order valence-corrected chi connectivity index (χ3v) is 4.28. The molecule has 2 amide bonds. The van der Waals surface area contributed by atoms with E-state index in [-0.39, 0.29) is 12.8 Å². The third kappa shape index (κ3) is 5.96. The van der Waals surface area contributed by atoms with Gasteiger partial charge in [-0.15, -0.1) is 0 Å². The first-order valence-electron chi connectivity index (χ1n) is 8.78. The average molecular weight is 393 g/mol. The van der Waals surface area contributed by atoms with Crippen LogP contribution in [-0.4, -0.2) is 26.0 Å². The topological polar surface area (TPSA) is 68.8 Å². The highest BCUT2D eigenvalue weighted by molar-refractivity contribution is 6.32. The molecule has 2 N–H and O–H groups in total. The molecule has 0 atom stereocenters. The summed E-state index contributed by atoms with van der Waals surface area (Å²) in [5.41, 5.74) is 2.44. The number of aryl methyl sites for hydroxylation is 2. The van der Waals surface area contributed by atoms with E-state index in [1.807, 2.05) is 39.8 Å². The Balaban J connectivity index is 1.91. The van der Waals surface area contributed by atoms with Crippen molar-refractivity contribution in [1.29, 1.82) is 0 Å². The van der Waals surface area contributed by atoms with Crippen LogP contribution in [0.15, 0.2) is 30.3 Å². The van der Waals surface area contributed by atoms with E-state index in [0.29, 0.717) is 41.2 Å². The molecule has 2 aromatic rings. The number of hydrogen-bond acceptors (Lipinski definition) is 4. The third-order valence-electron chi connectivity index (χ3n) is 3.68. The summed E-state index contributed by atoms with van der Waals surface area (Å²) < 4.78 is 16.6. The van der Waals surface area contributed by atoms with Gasteiger partial charge in [0.05, 0.1) is 13.2 Å². The van der Waals surface area contributed by atoms with Crippen molar-refractivity contribution in [2.24, 2.45) is 0 Å². The van der Waals surface area contributed by atoms with E-state index in [0.717, 1.165) is 11.1 Å². The first kappa shape index (κ1) is 20.7. The number of rotatable bonds is 8. The van der Waals surface area contributed by atoms with Gasteiger partial charge in [-0.05, 0) is 63.1 Å². The van der Waals surface area contributed by atoms with E-state index in [4.69, 9.17) is 25.8 Å². The number of halogens is 1. The number of nitrogens with one attached hydrogen (secondary N) is 2. The minimum Gasteiger partial charge on any atom is -0.490 e. The van der Waals surface area contributed by atoms with Crippen LogP contribution in [-0.2, 0) is 0 Å². The predicted molar refractivity (Wildman–Crippen MR) is 107 cm³/mol. The Labute approximate surface area is 164 Å². The van der Waals surface area contributed by atoms with E-state index >= 15 is 0 Å². The van der Waals surface area contributed by atoms with Crippen LogP contribution in [0.25, 0.3) is 0 Å². The van der Waals surface area contributed by atoms with Gasteiger partial charge < -0.3 is 24.8 Å². The van der Waals surface area contributed by atoms with Gasteiger partial charge in [0.25, 0.3) is 0 Å². The van der Waals surface area contributed by atoms with Gasteiger partial charge in [-0.2, -0.15) is 0 Å². The van der Waals surface area contributed by atoms with E-state index in [1.54, 1.807) is 18.2 Å². The molecule has 0 saturated carbocycles. The van der Waals surface area contributed by atoms with E-state index in [2.05, 4.69) is 10.6 Å². The van der Waals surface area contributed by atoms with Crippen molar-refractivity contribution in [2.75, 3.05) is 25.3 Å². The fraction of sp³-hybridized carbons (Fsp3) is 0.350. The summed E-state index contributed by atoms with van der Waals surface area (Å²) in [4.78, 5) is 12.1. The Hall–Kier alpha value is -2.60. The maximum Gasteiger partial charge on any atom is 0.321 e. The molecule has 2 rings (SSSR count). The lowest BCUT2D eigenvalue weighted by molar-refractivity contribution is 0.234. The van der Waals surface area contributed by atoms with E-state index < -0.39 is 0 Å². The molecule has 0 radical (unpaired) electrons. The summed E-state index contributed by atoms with van der Waals surface area (Å²) >= 11 is 6.14. The van der Waals surface area contributed by atoms with Crippen LogP contribution in [0, 0.1) is 13.8 Å². The second-order valence-electron chi connectivity index (χ2n) is 5.82. The summed E-state index contributed by atoms with van der Waals surface area (Å²) in [6.07, 6.45) is 0. The molecule has 0 aliphatic heterocycles. The average Bonchev–Trinajstić information content (AvgIpc) is 2.62. The Morgan fingerprint density at radius 2 is 1.59 bits per heavy atom. The van der Waals surface area contributed by atoms with Crippen LogP contribution >= 0.6 is 11.6 Å². The van der Waals surface area contributed by atoms with Gasteiger partial charge in [0.15, 0.2) is 18.2 Å². The highest BCUT2D eigenvalue weighted by Gasteiger charge is 2.09. The molecular formula is C20H25ClN2O4. The van der Waals surface area contributed by atoms with Crippen molar-refractivity contribution < 1.29 is 19.0 Å². The monoisotopic (exact) mass is 392 g/mol. The van der Waals surface area contributed by atoms with Crippen LogP contribution in [0.3, 0.4) is 0 Å². The van der Waals surface area contributed by atoms with Crippen molar-refractivity contribution in [2.45, 2.75) is 27.7 Å². The maximum atomic E-state index is 12.1. The number of benzene rings is 2. The van der Waals surface area contributed by atoms with Gasteiger partial charge in [0.1, 0.15) is 5.75 Å². The molecule has 0 spiro atoms. The smallest absolute Gasteiger partial charge is 0.321 e. The Morgan fingerprint density at radius 3 is 2.22 bits per heavy atom. The van der Waals surface area contributed by atoms with Crippen molar-refractivity contribution in [3.8, 4) is 17.2 Å². The van der Waals surface area contributed by atoms with Crippen LogP contribution < -0.4 is 24.8 Å². The summed E-state index contributed by atoms with van der Waals surface area (Å²) in [5.74, 6) is 1.87. The second-order valence-corrected chi connectivity index (χ2v) is 6.20. The van der Waals surface area contributed by atoms with Crippen LogP contribution in [0.5, 0.6) is 17.2 Å². The Kier molecular flexibility index (Phi) is 7.61. The molecule has 146 valence electrons. The molecule has 6 nitrogen and oxygen atoms in total. The lowest BCUT2D eigenvalue weighted by Gasteiger charge is -2.14. The SMILES string of the molecule is CCOc1ccc(NC(=O)NCOc2cc(C)c(Cl)c(C)c2)cc1OCC. The van der Waals surface area contributed by atoms with E-state index in [1.165, 1.54) is 0 Å². The Morgan fingerprint density at radius 1 is 0.963 bits per heavy atom. The summed E-state index contributed by atoms with van der Waals surface area (Å²) in [5, 5.41) is 6.10. The lowest BCUT2D eigenvalue weighted by Crippen LogP contribution is -2.32. The molecule has 0 aliphatic rings. The first-order valence-corrected chi connectivity index (χ1v) is 9.16. The number of carbonyl (C=O) groups is 1. The molecule has 0 aromatic heterocycles.